The molecule has 0 aliphatic carbocycles. The number of rotatable bonds is 0. The number of hydrogen-bond acceptors (Lipinski definition) is 2. The van der Waals surface area contributed by atoms with Crippen LogP contribution in [0.3, 0.4) is 0 Å². The van der Waals surface area contributed by atoms with Gasteiger partial charge in [0.2, 0.25) is 0 Å². The van der Waals surface area contributed by atoms with E-state index in [-0.39, 0.29) is 0 Å². The molecule has 2 aromatic heterocycles. The van der Waals surface area contributed by atoms with Crippen LogP contribution in [0.15, 0.2) is 18.5 Å². The largest absolute Gasteiger partial charge is 0.289 e. The van der Waals surface area contributed by atoms with Crippen LogP contribution in [-0.2, 0) is 0 Å². The first-order chi connectivity index (χ1) is 6.24. The molecule has 0 aromatic carbocycles. The molecule has 0 radical (unpaired) electrons. The van der Waals surface area contributed by atoms with Gasteiger partial charge in [0, 0.05) is 12.4 Å². The molecule has 2 heterocycles. The van der Waals surface area contributed by atoms with Gasteiger partial charge in [0.15, 0.2) is 0 Å². The van der Waals surface area contributed by atoms with E-state index in [1.807, 2.05) is 13.0 Å². The summed E-state index contributed by atoms with van der Waals surface area (Å²) in [5.41, 5.74) is 2.12. The van der Waals surface area contributed by atoms with Crippen LogP contribution < -0.4 is 0 Å². The predicted octanol–water partition coefficient (Wildman–Crippen LogP) is 2.17. The fourth-order valence-corrected chi connectivity index (χ4v) is 1.61. The molecule has 0 saturated heterocycles. The zero-order valence-corrected chi connectivity index (χ0v) is 7.71. The SMILES string of the molecule is Cc1cc2nccn2c(Cl)c1C#N. The number of hydrogen-bond donors (Lipinski definition) is 0. The molecule has 0 atom stereocenters. The molecule has 0 unspecified atom stereocenters. The summed E-state index contributed by atoms with van der Waals surface area (Å²) in [6, 6.07) is 3.90. The topological polar surface area (TPSA) is 41.1 Å². The van der Waals surface area contributed by atoms with Crippen LogP contribution >= 0.6 is 11.6 Å². The van der Waals surface area contributed by atoms with Crippen molar-refractivity contribution < 1.29 is 0 Å². The second-order valence-corrected chi connectivity index (χ2v) is 3.12. The van der Waals surface area contributed by atoms with E-state index in [0.717, 1.165) is 11.2 Å². The van der Waals surface area contributed by atoms with Gasteiger partial charge in [0.1, 0.15) is 16.9 Å². The monoisotopic (exact) mass is 191 g/mol. The van der Waals surface area contributed by atoms with Gasteiger partial charge in [-0.1, -0.05) is 11.6 Å². The number of nitrogens with zero attached hydrogens (tertiary/aromatic N) is 3. The highest BCUT2D eigenvalue weighted by atomic mass is 35.5. The fourth-order valence-electron chi connectivity index (χ4n) is 1.27. The molecule has 0 bridgehead atoms. The van der Waals surface area contributed by atoms with Crippen molar-refractivity contribution in [2.45, 2.75) is 6.92 Å². The number of imidazole rings is 1. The molecule has 2 rings (SSSR count). The van der Waals surface area contributed by atoms with Gasteiger partial charge in [0.05, 0.1) is 5.56 Å². The lowest BCUT2D eigenvalue weighted by Gasteiger charge is -2.02. The van der Waals surface area contributed by atoms with Gasteiger partial charge in [-0.25, -0.2) is 4.98 Å². The second-order valence-electron chi connectivity index (χ2n) is 2.76. The third kappa shape index (κ3) is 1.07. The van der Waals surface area contributed by atoms with E-state index in [1.54, 1.807) is 16.8 Å². The van der Waals surface area contributed by atoms with E-state index in [4.69, 9.17) is 16.9 Å². The third-order valence-electron chi connectivity index (χ3n) is 1.94. The van der Waals surface area contributed by atoms with Crippen LogP contribution in [-0.4, -0.2) is 9.38 Å². The Morgan fingerprint density at radius 2 is 2.38 bits per heavy atom. The van der Waals surface area contributed by atoms with E-state index in [0.29, 0.717) is 10.7 Å². The van der Waals surface area contributed by atoms with Crippen molar-refractivity contribution in [2.24, 2.45) is 0 Å². The van der Waals surface area contributed by atoms with E-state index in [1.165, 1.54) is 0 Å². The average Bonchev–Trinajstić information content (AvgIpc) is 2.53. The maximum atomic E-state index is 8.83. The van der Waals surface area contributed by atoms with Crippen molar-refractivity contribution in [3.8, 4) is 6.07 Å². The summed E-state index contributed by atoms with van der Waals surface area (Å²) in [6.45, 7) is 1.85. The Morgan fingerprint density at radius 1 is 1.62 bits per heavy atom. The highest BCUT2D eigenvalue weighted by Crippen LogP contribution is 2.20. The molecule has 13 heavy (non-hydrogen) atoms. The number of halogens is 1. The van der Waals surface area contributed by atoms with Gasteiger partial charge in [-0.05, 0) is 18.6 Å². The standard InChI is InChI=1S/C9H6ClN3/c1-6-4-8-12-2-3-13(8)9(10)7(6)5-11/h2-4H,1H3. The Hall–Kier alpha value is -1.53. The Balaban J connectivity index is 2.95. The highest BCUT2D eigenvalue weighted by molar-refractivity contribution is 6.31. The van der Waals surface area contributed by atoms with Gasteiger partial charge in [-0.2, -0.15) is 5.26 Å². The predicted molar refractivity (Wildman–Crippen MR) is 49.7 cm³/mol. The zero-order valence-electron chi connectivity index (χ0n) is 6.95. The van der Waals surface area contributed by atoms with E-state index in [2.05, 4.69) is 11.1 Å². The van der Waals surface area contributed by atoms with Crippen LogP contribution in [0, 0.1) is 18.3 Å². The maximum absolute atomic E-state index is 8.83. The third-order valence-corrected chi connectivity index (χ3v) is 2.31. The molecule has 0 spiro atoms. The van der Waals surface area contributed by atoms with Crippen molar-refractivity contribution in [3.05, 3.63) is 34.7 Å². The normalized spacial score (nSPS) is 10.2. The number of pyridine rings is 1. The van der Waals surface area contributed by atoms with E-state index >= 15 is 0 Å². The van der Waals surface area contributed by atoms with Crippen LogP contribution in [0.1, 0.15) is 11.1 Å². The molecule has 0 fully saturated rings. The van der Waals surface area contributed by atoms with Gasteiger partial charge in [-0.3, -0.25) is 4.40 Å². The summed E-state index contributed by atoms with van der Waals surface area (Å²) in [5.74, 6) is 0. The Bertz CT molecular complexity index is 507. The first-order valence-corrected chi connectivity index (χ1v) is 4.14. The van der Waals surface area contributed by atoms with Crippen molar-refractivity contribution in [2.75, 3.05) is 0 Å². The molecule has 4 heteroatoms. The lowest BCUT2D eigenvalue weighted by atomic mass is 10.2. The molecule has 0 N–H and O–H groups in total. The van der Waals surface area contributed by atoms with Crippen LogP contribution in [0.5, 0.6) is 0 Å². The lowest BCUT2D eigenvalue weighted by molar-refractivity contribution is 1.15. The molecule has 0 aliphatic heterocycles. The lowest BCUT2D eigenvalue weighted by Crippen LogP contribution is -1.93. The minimum atomic E-state index is 0.426. The molecular formula is C9H6ClN3. The molecular weight excluding hydrogens is 186 g/mol. The number of aryl methyl sites for hydroxylation is 1. The van der Waals surface area contributed by atoms with E-state index in [9.17, 15) is 0 Å². The Labute approximate surface area is 80.2 Å². The molecule has 0 saturated carbocycles. The van der Waals surface area contributed by atoms with Crippen LogP contribution in [0.25, 0.3) is 5.65 Å². The minimum Gasteiger partial charge on any atom is -0.289 e. The minimum absolute atomic E-state index is 0.426. The molecule has 0 amide bonds. The Kier molecular flexibility index (Phi) is 1.71. The summed E-state index contributed by atoms with van der Waals surface area (Å²) in [7, 11) is 0. The van der Waals surface area contributed by atoms with Crippen molar-refractivity contribution in [1.29, 1.82) is 5.26 Å². The maximum Gasteiger partial charge on any atom is 0.138 e. The van der Waals surface area contributed by atoms with Crippen LogP contribution in [0.4, 0.5) is 0 Å². The number of aromatic nitrogens is 2. The summed E-state index contributed by atoms with van der Waals surface area (Å²) >= 11 is 5.99. The first-order valence-electron chi connectivity index (χ1n) is 3.76. The molecule has 2 aromatic rings. The molecule has 3 nitrogen and oxygen atoms in total. The zero-order chi connectivity index (χ0) is 9.42. The summed E-state index contributed by atoms with van der Waals surface area (Å²) in [4.78, 5) is 4.08. The smallest absolute Gasteiger partial charge is 0.138 e. The number of nitriles is 1. The molecule has 64 valence electrons. The summed E-state index contributed by atoms with van der Waals surface area (Å²) in [5, 5.41) is 9.25. The molecule has 0 aliphatic rings. The van der Waals surface area contributed by atoms with Gasteiger partial charge < -0.3 is 0 Å². The summed E-state index contributed by atoms with van der Waals surface area (Å²) in [6.07, 6.45) is 3.39. The van der Waals surface area contributed by atoms with Gasteiger partial charge >= 0.3 is 0 Å². The van der Waals surface area contributed by atoms with Crippen molar-refractivity contribution in [1.82, 2.24) is 9.38 Å². The second kappa shape index (κ2) is 2.75. The van der Waals surface area contributed by atoms with Crippen LogP contribution in [0.2, 0.25) is 5.15 Å². The highest BCUT2D eigenvalue weighted by Gasteiger charge is 2.08. The van der Waals surface area contributed by atoms with E-state index < -0.39 is 0 Å². The Morgan fingerprint density at radius 3 is 3.08 bits per heavy atom. The van der Waals surface area contributed by atoms with Gasteiger partial charge in [0.25, 0.3) is 0 Å². The quantitative estimate of drug-likeness (QED) is 0.599. The fraction of sp³-hybridized carbons (Fsp3) is 0.111. The van der Waals surface area contributed by atoms with Gasteiger partial charge in [-0.15, -0.1) is 0 Å². The first kappa shape index (κ1) is 8.09. The van der Waals surface area contributed by atoms with Crippen molar-refractivity contribution >= 4 is 17.2 Å². The number of fused-ring (bicyclic) bond motifs is 1. The summed E-state index contributed by atoms with van der Waals surface area (Å²) < 4.78 is 1.69. The van der Waals surface area contributed by atoms with Crippen molar-refractivity contribution in [3.63, 3.8) is 0 Å². The average molecular weight is 192 g/mol.